The van der Waals surface area contributed by atoms with Crippen molar-refractivity contribution < 1.29 is 9.53 Å². The zero-order valence-electron chi connectivity index (χ0n) is 11.2. The molecule has 15 heavy (non-hydrogen) atoms. The van der Waals surface area contributed by atoms with Crippen molar-refractivity contribution in [1.82, 2.24) is 4.90 Å². The van der Waals surface area contributed by atoms with Crippen molar-refractivity contribution in [2.75, 3.05) is 27.7 Å². The third kappa shape index (κ3) is 19.5. The number of rotatable bonds is 2. The average molecular weight is 215 g/mol. The molecular formula is C12H25NO2. The molecular weight excluding hydrogens is 190 g/mol. The van der Waals surface area contributed by atoms with Crippen molar-refractivity contribution in [3.05, 3.63) is 12.2 Å². The summed E-state index contributed by atoms with van der Waals surface area (Å²) >= 11 is 0. The summed E-state index contributed by atoms with van der Waals surface area (Å²) in [6, 6.07) is 0. The van der Waals surface area contributed by atoms with Crippen molar-refractivity contribution in [3.63, 3.8) is 0 Å². The van der Waals surface area contributed by atoms with Crippen LogP contribution in [0.3, 0.4) is 0 Å². The molecule has 0 bridgehead atoms. The van der Waals surface area contributed by atoms with Crippen LogP contribution in [0.2, 0.25) is 0 Å². The van der Waals surface area contributed by atoms with Crippen molar-refractivity contribution in [1.29, 1.82) is 0 Å². The second-order valence-corrected chi connectivity index (χ2v) is 5.26. The largest absolute Gasteiger partial charge is 0.462 e. The molecule has 0 spiro atoms. The molecule has 0 rings (SSSR count). The number of hydrogen-bond acceptors (Lipinski definition) is 3. The van der Waals surface area contributed by atoms with Crippen LogP contribution in [0.25, 0.3) is 0 Å². The number of nitrogens with zero attached hydrogens (tertiary/aromatic N) is 1. The highest BCUT2D eigenvalue weighted by atomic mass is 16.5. The lowest BCUT2D eigenvalue weighted by atomic mass is 9.99. The van der Waals surface area contributed by atoms with Gasteiger partial charge >= 0.3 is 5.97 Å². The van der Waals surface area contributed by atoms with E-state index in [0.29, 0.717) is 12.2 Å². The third-order valence-electron chi connectivity index (χ3n) is 0.985. The highest BCUT2D eigenvalue weighted by molar-refractivity contribution is 5.86. The van der Waals surface area contributed by atoms with E-state index in [-0.39, 0.29) is 11.4 Å². The van der Waals surface area contributed by atoms with Crippen LogP contribution in [-0.2, 0) is 9.53 Å². The lowest BCUT2D eigenvalue weighted by Gasteiger charge is -2.17. The molecule has 0 heterocycles. The minimum absolute atomic E-state index is 0.0328. The Morgan fingerprint density at radius 2 is 1.60 bits per heavy atom. The van der Waals surface area contributed by atoms with Gasteiger partial charge in [0.2, 0.25) is 0 Å². The van der Waals surface area contributed by atoms with Gasteiger partial charge in [-0.25, -0.2) is 4.79 Å². The second kappa shape index (κ2) is 7.46. The fraction of sp³-hybridized carbons (Fsp3) is 0.750. The molecule has 0 N–H and O–H groups in total. The number of carbonyl (C=O) groups is 1. The smallest absolute Gasteiger partial charge is 0.333 e. The van der Waals surface area contributed by atoms with Gasteiger partial charge in [0.1, 0.15) is 0 Å². The van der Waals surface area contributed by atoms with Gasteiger partial charge < -0.3 is 9.64 Å². The Hall–Kier alpha value is -0.830. The van der Waals surface area contributed by atoms with Gasteiger partial charge in [-0.05, 0) is 33.5 Å². The van der Waals surface area contributed by atoms with E-state index in [1.54, 1.807) is 6.92 Å². The van der Waals surface area contributed by atoms with Crippen LogP contribution in [-0.4, -0.2) is 38.6 Å². The van der Waals surface area contributed by atoms with Crippen LogP contribution in [0.1, 0.15) is 27.7 Å². The highest BCUT2D eigenvalue weighted by Crippen LogP contribution is 2.13. The van der Waals surface area contributed by atoms with E-state index in [0.717, 1.165) is 0 Å². The van der Waals surface area contributed by atoms with E-state index in [2.05, 4.69) is 6.58 Å². The van der Waals surface area contributed by atoms with Crippen LogP contribution in [0.15, 0.2) is 12.2 Å². The molecule has 0 aromatic carbocycles. The van der Waals surface area contributed by atoms with Crippen LogP contribution in [0, 0.1) is 5.41 Å². The first kappa shape index (κ1) is 16.6. The molecule has 0 aromatic heterocycles. The molecule has 0 unspecified atom stereocenters. The molecule has 0 fully saturated rings. The first-order chi connectivity index (χ1) is 6.56. The Balaban J connectivity index is 0. The number of carbonyl (C=O) groups excluding carboxylic acids is 1. The zero-order chi connectivity index (χ0) is 12.6. The molecule has 0 aliphatic carbocycles. The summed E-state index contributed by atoms with van der Waals surface area (Å²) in [6.07, 6.45) is 0. The Morgan fingerprint density at radius 1 is 1.27 bits per heavy atom. The molecule has 0 atom stereocenters. The van der Waals surface area contributed by atoms with Gasteiger partial charge in [0, 0.05) is 5.57 Å². The summed E-state index contributed by atoms with van der Waals surface area (Å²) in [7, 11) is 6.00. The fourth-order valence-electron chi connectivity index (χ4n) is 0.405. The molecule has 90 valence electrons. The van der Waals surface area contributed by atoms with E-state index in [1.807, 2.05) is 46.8 Å². The maximum atomic E-state index is 10.9. The maximum absolute atomic E-state index is 10.9. The average Bonchev–Trinajstić information content (AvgIpc) is 1.97. The Kier molecular flexibility index (Phi) is 8.25. The van der Waals surface area contributed by atoms with Crippen LogP contribution in [0.5, 0.6) is 0 Å². The molecule has 0 aromatic rings. The topological polar surface area (TPSA) is 29.5 Å². The molecule has 0 radical (unpaired) electrons. The van der Waals surface area contributed by atoms with Gasteiger partial charge in [-0.2, -0.15) is 0 Å². The normalized spacial score (nSPS) is 10.4. The van der Waals surface area contributed by atoms with Crippen molar-refractivity contribution >= 4 is 5.97 Å². The van der Waals surface area contributed by atoms with Gasteiger partial charge in [0.25, 0.3) is 0 Å². The lowest BCUT2D eigenvalue weighted by molar-refractivity contribution is -0.141. The lowest BCUT2D eigenvalue weighted by Crippen LogP contribution is -2.18. The van der Waals surface area contributed by atoms with Gasteiger partial charge in [0.15, 0.2) is 0 Å². The molecule has 3 heteroatoms. The summed E-state index contributed by atoms with van der Waals surface area (Å²) in [5.41, 5.74) is 0.486. The SMILES string of the molecule is C=C(C)C(=O)OCC(C)(C)C.CN(C)C. The first-order valence-corrected chi connectivity index (χ1v) is 5.00. The second-order valence-electron chi connectivity index (χ2n) is 5.26. The van der Waals surface area contributed by atoms with Gasteiger partial charge in [-0.15, -0.1) is 0 Å². The molecule has 0 amide bonds. The Morgan fingerprint density at radius 3 is 1.80 bits per heavy atom. The monoisotopic (exact) mass is 215 g/mol. The molecule has 3 nitrogen and oxygen atoms in total. The van der Waals surface area contributed by atoms with E-state index < -0.39 is 0 Å². The van der Waals surface area contributed by atoms with E-state index in [4.69, 9.17) is 4.74 Å². The molecule has 0 aliphatic rings. The number of hydrogen-bond donors (Lipinski definition) is 0. The first-order valence-electron chi connectivity index (χ1n) is 5.00. The molecule has 0 saturated carbocycles. The van der Waals surface area contributed by atoms with Crippen molar-refractivity contribution in [2.24, 2.45) is 5.41 Å². The van der Waals surface area contributed by atoms with Crippen LogP contribution >= 0.6 is 0 Å². The quantitative estimate of drug-likeness (QED) is 0.523. The zero-order valence-corrected chi connectivity index (χ0v) is 11.2. The van der Waals surface area contributed by atoms with Crippen LogP contribution in [0.4, 0.5) is 0 Å². The molecule has 0 saturated heterocycles. The van der Waals surface area contributed by atoms with E-state index in [1.165, 1.54) is 0 Å². The number of esters is 1. The van der Waals surface area contributed by atoms with E-state index in [9.17, 15) is 4.79 Å². The standard InChI is InChI=1S/C9H16O2.C3H9N/c1-7(2)8(10)11-6-9(3,4)5;1-4(2)3/h1,6H2,2-5H3;1-3H3. The summed E-state index contributed by atoms with van der Waals surface area (Å²) in [6.45, 7) is 11.6. The minimum Gasteiger partial charge on any atom is -0.462 e. The summed E-state index contributed by atoms with van der Waals surface area (Å²) in [5.74, 6) is -0.306. The Bertz CT molecular complexity index is 199. The highest BCUT2D eigenvalue weighted by Gasteiger charge is 2.13. The molecule has 0 aliphatic heterocycles. The third-order valence-corrected chi connectivity index (χ3v) is 0.985. The van der Waals surface area contributed by atoms with Gasteiger partial charge in [-0.1, -0.05) is 27.4 Å². The maximum Gasteiger partial charge on any atom is 0.333 e. The Labute approximate surface area is 94.1 Å². The predicted octanol–water partition coefficient (Wildman–Crippen LogP) is 2.33. The van der Waals surface area contributed by atoms with Crippen molar-refractivity contribution in [3.8, 4) is 0 Å². The summed E-state index contributed by atoms with van der Waals surface area (Å²) in [4.78, 5) is 12.9. The number of ether oxygens (including phenoxy) is 1. The van der Waals surface area contributed by atoms with Gasteiger partial charge in [0.05, 0.1) is 6.61 Å². The van der Waals surface area contributed by atoms with Gasteiger partial charge in [-0.3, -0.25) is 0 Å². The van der Waals surface area contributed by atoms with E-state index >= 15 is 0 Å². The minimum atomic E-state index is -0.306. The summed E-state index contributed by atoms with van der Waals surface area (Å²) in [5, 5.41) is 0. The predicted molar refractivity (Wildman–Crippen MR) is 64.8 cm³/mol. The van der Waals surface area contributed by atoms with Crippen LogP contribution < -0.4 is 0 Å². The fourth-order valence-corrected chi connectivity index (χ4v) is 0.405. The van der Waals surface area contributed by atoms with Crippen molar-refractivity contribution in [2.45, 2.75) is 27.7 Å². The summed E-state index contributed by atoms with van der Waals surface area (Å²) < 4.78 is 4.93.